The number of carboxylic acid groups (broad SMARTS) is 1. The van der Waals surface area contributed by atoms with Gasteiger partial charge in [0.25, 0.3) is 0 Å². The van der Waals surface area contributed by atoms with Gasteiger partial charge in [-0.1, -0.05) is 6.07 Å². The van der Waals surface area contributed by atoms with Crippen LogP contribution in [0.15, 0.2) is 42.5 Å². The monoisotopic (exact) mass is 294 g/mol. The van der Waals surface area contributed by atoms with Crippen molar-refractivity contribution >= 4 is 5.97 Å². The fourth-order valence-corrected chi connectivity index (χ4v) is 1.60. The van der Waals surface area contributed by atoms with Gasteiger partial charge in [-0.25, -0.2) is 13.6 Å². The van der Waals surface area contributed by atoms with Crippen molar-refractivity contribution in [3.8, 4) is 11.5 Å². The van der Waals surface area contributed by atoms with Gasteiger partial charge >= 0.3 is 5.97 Å². The highest BCUT2D eigenvalue weighted by molar-refractivity contribution is 5.87. The highest BCUT2D eigenvalue weighted by Crippen LogP contribution is 2.16. The van der Waals surface area contributed by atoms with Gasteiger partial charge < -0.3 is 14.6 Å². The summed E-state index contributed by atoms with van der Waals surface area (Å²) in [5.41, 5.74) is 0.119. The molecule has 4 nitrogen and oxygen atoms in total. The number of hydrogen-bond donors (Lipinski definition) is 1. The summed E-state index contributed by atoms with van der Waals surface area (Å²) < 4.78 is 36.1. The molecular formula is C15H12F2O4. The molecule has 0 unspecified atom stereocenters. The molecule has 2 aromatic rings. The number of benzene rings is 2. The molecule has 0 heterocycles. The smallest absolute Gasteiger partial charge is 0.335 e. The van der Waals surface area contributed by atoms with Gasteiger partial charge in [-0.2, -0.15) is 0 Å². The molecule has 0 radical (unpaired) electrons. The zero-order chi connectivity index (χ0) is 15.2. The first-order valence-electron chi connectivity index (χ1n) is 6.10. The standard InChI is InChI=1S/C15H12F2O4/c16-13-5-4-12(9-14(13)17)21-7-6-20-11-3-1-2-10(8-11)15(18)19/h1-5,8-9H,6-7H2,(H,18,19). The average molecular weight is 294 g/mol. The minimum Gasteiger partial charge on any atom is -0.490 e. The predicted octanol–water partition coefficient (Wildman–Crippen LogP) is 3.12. The summed E-state index contributed by atoms with van der Waals surface area (Å²) in [6.45, 7) is 0.254. The van der Waals surface area contributed by atoms with Crippen LogP contribution in [-0.2, 0) is 0 Å². The van der Waals surface area contributed by atoms with Crippen LogP contribution in [0.2, 0.25) is 0 Å². The molecule has 0 aliphatic rings. The highest BCUT2D eigenvalue weighted by Gasteiger charge is 2.05. The molecule has 0 saturated carbocycles. The quantitative estimate of drug-likeness (QED) is 0.832. The van der Waals surface area contributed by atoms with Crippen molar-refractivity contribution in [2.45, 2.75) is 0 Å². The van der Waals surface area contributed by atoms with Gasteiger partial charge in [-0.15, -0.1) is 0 Å². The van der Waals surface area contributed by atoms with E-state index < -0.39 is 17.6 Å². The molecule has 6 heteroatoms. The molecule has 0 amide bonds. The Bertz CT molecular complexity index is 643. The van der Waals surface area contributed by atoms with Crippen LogP contribution in [0.3, 0.4) is 0 Å². The van der Waals surface area contributed by atoms with Crippen LogP contribution in [0.25, 0.3) is 0 Å². The maximum atomic E-state index is 12.9. The third-order valence-corrected chi connectivity index (χ3v) is 2.59. The van der Waals surface area contributed by atoms with E-state index in [2.05, 4.69) is 0 Å². The molecule has 0 aliphatic carbocycles. The Labute approximate surface area is 119 Å². The number of rotatable bonds is 6. The number of halogens is 2. The van der Waals surface area contributed by atoms with E-state index in [4.69, 9.17) is 14.6 Å². The Hall–Kier alpha value is -2.63. The van der Waals surface area contributed by atoms with Gasteiger partial charge in [-0.3, -0.25) is 0 Å². The second-order valence-corrected chi connectivity index (χ2v) is 4.11. The maximum Gasteiger partial charge on any atom is 0.335 e. The highest BCUT2D eigenvalue weighted by atomic mass is 19.2. The molecule has 1 N–H and O–H groups in total. The van der Waals surface area contributed by atoms with Crippen molar-refractivity contribution in [3.63, 3.8) is 0 Å². The zero-order valence-corrected chi connectivity index (χ0v) is 10.9. The molecule has 0 saturated heterocycles. The van der Waals surface area contributed by atoms with Gasteiger partial charge in [0.05, 0.1) is 5.56 Å². The van der Waals surface area contributed by atoms with Gasteiger partial charge in [0, 0.05) is 6.07 Å². The Morgan fingerprint density at radius 3 is 2.24 bits per heavy atom. The molecule has 0 atom stereocenters. The van der Waals surface area contributed by atoms with Gasteiger partial charge in [0.15, 0.2) is 11.6 Å². The first-order chi connectivity index (χ1) is 10.1. The molecule has 0 aliphatic heterocycles. The molecular weight excluding hydrogens is 282 g/mol. The zero-order valence-electron chi connectivity index (χ0n) is 10.9. The third kappa shape index (κ3) is 4.17. The van der Waals surface area contributed by atoms with E-state index in [-0.39, 0.29) is 24.5 Å². The lowest BCUT2D eigenvalue weighted by molar-refractivity contribution is 0.0696. The maximum absolute atomic E-state index is 12.9. The normalized spacial score (nSPS) is 10.2. The number of aromatic carboxylic acids is 1. The van der Waals surface area contributed by atoms with Crippen LogP contribution in [0.1, 0.15) is 10.4 Å². The second kappa shape index (κ2) is 6.69. The van der Waals surface area contributed by atoms with Crippen LogP contribution in [0, 0.1) is 11.6 Å². The summed E-state index contributed by atoms with van der Waals surface area (Å²) in [4.78, 5) is 10.8. The number of carbonyl (C=O) groups is 1. The molecule has 2 rings (SSSR count). The Morgan fingerprint density at radius 2 is 1.62 bits per heavy atom. The van der Waals surface area contributed by atoms with Crippen LogP contribution in [-0.4, -0.2) is 24.3 Å². The minimum absolute atomic E-state index is 0.113. The van der Waals surface area contributed by atoms with Crippen molar-refractivity contribution < 1.29 is 28.2 Å². The van der Waals surface area contributed by atoms with Gasteiger partial charge in [0.1, 0.15) is 24.7 Å². The predicted molar refractivity (Wildman–Crippen MR) is 70.7 cm³/mol. The number of carboxylic acids is 1. The fourth-order valence-electron chi connectivity index (χ4n) is 1.60. The SMILES string of the molecule is O=C(O)c1cccc(OCCOc2ccc(F)c(F)c2)c1. The minimum atomic E-state index is -1.04. The number of hydrogen-bond acceptors (Lipinski definition) is 3. The Kier molecular flexibility index (Phi) is 4.71. The van der Waals surface area contributed by atoms with E-state index in [1.807, 2.05) is 0 Å². The molecule has 21 heavy (non-hydrogen) atoms. The average Bonchev–Trinajstić information content (AvgIpc) is 2.47. The lowest BCUT2D eigenvalue weighted by Crippen LogP contribution is -2.09. The van der Waals surface area contributed by atoms with Crippen LogP contribution in [0.5, 0.6) is 11.5 Å². The van der Waals surface area contributed by atoms with E-state index in [9.17, 15) is 13.6 Å². The third-order valence-electron chi connectivity index (χ3n) is 2.59. The van der Waals surface area contributed by atoms with E-state index in [0.29, 0.717) is 5.75 Å². The summed E-state index contributed by atoms with van der Waals surface area (Å²) in [5, 5.41) is 8.83. The molecule has 0 spiro atoms. The molecule has 0 fully saturated rings. The molecule has 0 bridgehead atoms. The van der Waals surface area contributed by atoms with Crippen molar-refractivity contribution in [1.82, 2.24) is 0 Å². The molecule has 0 aromatic heterocycles. The fraction of sp³-hybridized carbons (Fsp3) is 0.133. The number of ether oxygens (including phenoxy) is 2. The largest absolute Gasteiger partial charge is 0.490 e. The summed E-state index contributed by atoms with van der Waals surface area (Å²) in [5.74, 6) is -2.38. The van der Waals surface area contributed by atoms with Crippen LogP contribution >= 0.6 is 0 Å². The van der Waals surface area contributed by atoms with Gasteiger partial charge in [0.2, 0.25) is 0 Å². The van der Waals surface area contributed by atoms with E-state index in [1.54, 1.807) is 12.1 Å². The Morgan fingerprint density at radius 1 is 0.952 bits per heavy atom. The van der Waals surface area contributed by atoms with Crippen molar-refractivity contribution in [2.24, 2.45) is 0 Å². The summed E-state index contributed by atoms with van der Waals surface area (Å²) in [6.07, 6.45) is 0. The van der Waals surface area contributed by atoms with Crippen molar-refractivity contribution in [2.75, 3.05) is 13.2 Å². The molecule has 110 valence electrons. The lowest BCUT2D eigenvalue weighted by atomic mass is 10.2. The van der Waals surface area contributed by atoms with Crippen LogP contribution in [0.4, 0.5) is 8.78 Å². The summed E-state index contributed by atoms with van der Waals surface area (Å²) >= 11 is 0. The van der Waals surface area contributed by atoms with E-state index in [0.717, 1.165) is 12.1 Å². The van der Waals surface area contributed by atoms with Crippen LogP contribution < -0.4 is 9.47 Å². The van der Waals surface area contributed by atoms with E-state index in [1.165, 1.54) is 18.2 Å². The van der Waals surface area contributed by atoms with Gasteiger partial charge in [-0.05, 0) is 30.3 Å². The lowest BCUT2D eigenvalue weighted by Gasteiger charge is -2.09. The topological polar surface area (TPSA) is 55.8 Å². The Balaban J connectivity index is 1.83. The van der Waals surface area contributed by atoms with Crippen molar-refractivity contribution in [3.05, 3.63) is 59.7 Å². The summed E-state index contributed by atoms with van der Waals surface area (Å²) in [7, 11) is 0. The molecule has 2 aromatic carbocycles. The van der Waals surface area contributed by atoms with Crippen molar-refractivity contribution in [1.29, 1.82) is 0 Å². The first-order valence-corrected chi connectivity index (χ1v) is 6.10. The summed E-state index contributed by atoms with van der Waals surface area (Å²) in [6, 6.07) is 9.25. The first kappa shape index (κ1) is 14.8. The second-order valence-electron chi connectivity index (χ2n) is 4.11. The van der Waals surface area contributed by atoms with E-state index >= 15 is 0 Å².